The summed E-state index contributed by atoms with van der Waals surface area (Å²) in [5.74, 6) is -2.19. The highest BCUT2D eigenvalue weighted by Gasteiger charge is 2.23. The lowest BCUT2D eigenvalue weighted by Gasteiger charge is -2.09. The first-order chi connectivity index (χ1) is 16.0. The smallest absolute Gasteiger partial charge is 0.317 e. The number of anilines is 1. The first-order valence-electron chi connectivity index (χ1n) is 9.90. The molecule has 1 atom stereocenters. The van der Waals surface area contributed by atoms with Crippen LogP contribution in [0.5, 0.6) is 0 Å². The monoisotopic (exact) mass is 450 g/mol. The van der Waals surface area contributed by atoms with Crippen LogP contribution in [-0.4, -0.2) is 43.9 Å². The van der Waals surface area contributed by atoms with E-state index in [9.17, 15) is 14.0 Å². The van der Waals surface area contributed by atoms with Gasteiger partial charge < -0.3 is 14.6 Å². The van der Waals surface area contributed by atoms with Gasteiger partial charge in [0, 0.05) is 17.8 Å². The molecule has 0 saturated heterocycles. The summed E-state index contributed by atoms with van der Waals surface area (Å²) in [5, 5.41) is 11.0. The van der Waals surface area contributed by atoms with Gasteiger partial charge in [0.1, 0.15) is 35.2 Å². The minimum Gasteiger partial charge on any atom is -0.468 e. The van der Waals surface area contributed by atoms with Crippen LogP contribution >= 0.6 is 0 Å². The second-order valence-corrected chi connectivity index (χ2v) is 7.05. The molecule has 3 heterocycles. The van der Waals surface area contributed by atoms with Gasteiger partial charge in [0.2, 0.25) is 5.91 Å². The van der Waals surface area contributed by atoms with Gasteiger partial charge >= 0.3 is 5.97 Å². The Morgan fingerprint density at radius 2 is 2.03 bits per heavy atom. The van der Waals surface area contributed by atoms with E-state index in [1.807, 2.05) is 0 Å². The predicted octanol–water partition coefficient (Wildman–Crippen LogP) is 2.93. The van der Waals surface area contributed by atoms with Gasteiger partial charge in [0.05, 0.1) is 19.3 Å². The van der Waals surface area contributed by atoms with E-state index in [4.69, 9.17) is 4.52 Å². The summed E-state index contributed by atoms with van der Waals surface area (Å²) in [6.07, 6.45) is 2.87. The van der Waals surface area contributed by atoms with Gasteiger partial charge in [0.25, 0.3) is 0 Å². The highest BCUT2D eigenvalue weighted by molar-refractivity contribution is 6.04. The Hall–Kier alpha value is -4.41. The van der Waals surface area contributed by atoms with E-state index < -0.39 is 17.8 Å². The lowest BCUT2D eigenvalue weighted by Crippen LogP contribution is -2.28. The zero-order valence-corrected chi connectivity index (χ0v) is 17.7. The average Bonchev–Trinajstić information content (AvgIpc) is 3.50. The number of methoxy groups -OCH3 is 1. The van der Waals surface area contributed by atoms with Crippen molar-refractivity contribution in [3.63, 3.8) is 0 Å². The largest absolute Gasteiger partial charge is 0.468 e. The van der Waals surface area contributed by atoms with Gasteiger partial charge in [-0.2, -0.15) is 5.10 Å². The minimum atomic E-state index is -1.01. The molecule has 33 heavy (non-hydrogen) atoms. The van der Waals surface area contributed by atoms with Gasteiger partial charge in [-0.1, -0.05) is 23.4 Å². The molecule has 0 aliphatic carbocycles. The van der Waals surface area contributed by atoms with Gasteiger partial charge in [-0.05, 0) is 25.1 Å². The number of halogens is 1. The van der Waals surface area contributed by atoms with Crippen molar-refractivity contribution in [3.05, 3.63) is 66.3 Å². The van der Waals surface area contributed by atoms with Crippen LogP contribution in [-0.2, 0) is 20.9 Å². The third kappa shape index (κ3) is 4.76. The van der Waals surface area contributed by atoms with Crippen molar-refractivity contribution in [1.82, 2.24) is 24.9 Å². The van der Waals surface area contributed by atoms with Crippen LogP contribution in [0.1, 0.15) is 12.5 Å². The van der Waals surface area contributed by atoms with Crippen molar-refractivity contribution in [3.8, 4) is 22.9 Å². The molecule has 0 bridgehead atoms. The van der Waals surface area contributed by atoms with Crippen LogP contribution in [0.15, 0.2) is 59.4 Å². The first kappa shape index (κ1) is 21.8. The number of carbonyl (C=O) groups is 2. The van der Waals surface area contributed by atoms with E-state index in [1.54, 1.807) is 35.0 Å². The molecule has 10 nitrogen and oxygen atoms in total. The number of benzene rings is 1. The second-order valence-electron chi connectivity index (χ2n) is 7.05. The molecule has 0 saturated carbocycles. The Kier molecular flexibility index (Phi) is 6.20. The number of hydrogen-bond donors (Lipinski definition) is 1. The Balaban J connectivity index is 1.65. The SMILES string of the molecule is COC(=O)C(C)C(=O)Nc1ccnc(-c2cc(-c3ccon3)n(Cc3ccccc3F)n2)n1. The molecular weight excluding hydrogens is 431 g/mol. The van der Waals surface area contributed by atoms with E-state index in [2.05, 4.69) is 30.3 Å². The quantitative estimate of drug-likeness (QED) is 0.337. The van der Waals surface area contributed by atoms with E-state index in [0.29, 0.717) is 22.6 Å². The topological polar surface area (TPSA) is 125 Å². The van der Waals surface area contributed by atoms with Crippen LogP contribution in [0.3, 0.4) is 0 Å². The maximum atomic E-state index is 14.2. The van der Waals surface area contributed by atoms with Crippen molar-refractivity contribution in [1.29, 1.82) is 0 Å². The second kappa shape index (κ2) is 9.39. The normalized spacial score (nSPS) is 11.7. The average molecular weight is 450 g/mol. The summed E-state index contributed by atoms with van der Waals surface area (Å²) in [6, 6.07) is 11.2. The summed E-state index contributed by atoms with van der Waals surface area (Å²) in [5.41, 5.74) is 1.89. The van der Waals surface area contributed by atoms with Crippen molar-refractivity contribution in [2.75, 3.05) is 12.4 Å². The minimum absolute atomic E-state index is 0.141. The fourth-order valence-electron chi connectivity index (χ4n) is 3.06. The van der Waals surface area contributed by atoms with E-state index in [0.717, 1.165) is 0 Å². The lowest BCUT2D eigenvalue weighted by molar-refractivity contribution is -0.147. The van der Waals surface area contributed by atoms with Gasteiger partial charge in [-0.25, -0.2) is 14.4 Å². The molecule has 4 aromatic rings. The van der Waals surface area contributed by atoms with Crippen LogP contribution < -0.4 is 5.32 Å². The molecule has 0 radical (unpaired) electrons. The van der Waals surface area contributed by atoms with Crippen LogP contribution in [0.2, 0.25) is 0 Å². The molecule has 1 amide bonds. The molecule has 11 heteroatoms. The Morgan fingerprint density at radius 3 is 2.76 bits per heavy atom. The maximum absolute atomic E-state index is 14.2. The Morgan fingerprint density at radius 1 is 1.21 bits per heavy atom. The Bertz CT molecular complexity index is 1290. The van der Waals surface area contributed by atoms with E-state index in [1.165, 1.54) is 38.6 Å². The third-order valence-electron chi connectivity index (χ3n) is 4.84. The molecule has 0 aliphatic heterocycles. The maximum Gasteiger partial charge on any atom is 0.317 e. The standard InChI is InChI=1S/C22H19FN6O4/c1-13(22(31)32-2)21(30)26-19-7-9-24-20(25-19)17-11-18(16-8-10-33-28-16)29(27-17)12-14-5-3-4-6-15(14)23/h3-11,13H,12H2,1-2H3,(H,24,25,26,30). The van der Waals surface area contributed by atoms with Crippen molar-refractivity contribution >= 4 is 17.7 Å². The van der Waals surface area contributed by atoms with Crippen molar-refractivity contribution in [2.24, 2.45) is 5.92 Å². The summed E-state index contributed by atoms with van der Waals surface area (Å²) in [6.45, 7) is 1.57. The predicted molar refractivity (Wildman–Crippen MR) is 114 cm³/mol. The molecule has 1 N–H and O–H groups in total. The fraction of sp³-hybridized carbons (Fsp3) is 0.182. The summed E-state index contributed by atoms with van der Waals surface area (Å²) in [7, 11) is 1.21. The molecular formula is C22H19FN6O4. The van der Waals surface area contributed by atoms with Crippen LogP contribution in [0, 0.1) is 11.7 Å². The first-order valence-corrected chi connectivity index (χ1v) is 9.90. The van der Waals surface area contributed by atoms with Crippen molar-refractivity contribution < 1.29 is 23.2 Å². The van der Waals surface area contributed by atoms with Gasteiger partial charge in [0.15, 0.2) is 5.82 Å². The fourth-order valence-corrected chi connectivity index (χ4v) is 3.06. The molecule has 1 aromatic carbocycles. The van der Waals surface area contributed by atoms with E-state index in [-0.39, 0.29) is 24.0 Å². The summed E-state index contributed by atoms with van der Waals surface area (Å²) < 4.78 is 25.3. The number of nitrogens with one attached hydrogen (secondary N) is 1. The summed E-state index contributed by atoms with van der Waals surface area (Å²) >= 11 is 0. The number of aromatic nitrogens is 5. The molecule has 1 unspecified atom stereocenters. The number of esters is 1. The molecule has 3 aromatic heterocycles. The van der Waals surface area contributed by atoms with Gasteiger partial charge in [-0.3, -0.25) is 14.3 Å². The Labute approximate surface area is 187 Å². The van der Waals surface area contributed by atoms with Crippen LogP contribution in [0.25, 0.3) is 22.9 Å². The van der Waals surface area contributed by atoms with Crippen LogP contribution in [0.4, 0.5) is 10.2 Å². The summed E-state index contributed by atoms with van der Waals surface area (Å²) in [4.78, 5) is 32.4. The molecule has 168 valence electrons. The number of nitrogens with zero attached hydrogens (tertiary/aromatic N) is 5. The third-order valence-corrected chi connectivity index (χ3v) is 4.84. The van der Waals surface area contributed by atoms with E-state index >= 15 is 0 Å². The number of amides is 1. The number of hydrogen-bond acceptors (Lipinski definition) is 8. The highest BCUT2D eigenvalue weighted by atomic mass is 19.1. The highest BCUT2D eigenvalue weighted by Crippen LogP contribution is 2.25. The zero-order chi connectivity index (χ0) is 23.4. The molecule has 0 fully saturated rings. The lowest BCUT2D eigenvalue weighted by atomic mass is 10.2. The number of carbonyl (C=O) groups excluding carboxylic acids is 2. The molecule has 4 rings (SSSR count). The number of ether oxygens (including phenoxy) is 1. The zero-order valence-electron chi connectivity index (χ0n) is 17.7. The molecule has 0 aliphatic rings. The van der Waals surface area contributed by atoms with Gasteiger partial charge in [-0.15, -0.1) is 0 Å². The van der Waals surface area contributed by atoms with Crippen molar-refractivity contribution in [2.45, 2.75) is 13.5 Å². The molecule has 0 spiro atoms. The number of rotatable bonds is 7.